The smallest absolute Gasteiger partial charge is 0.243 e. The second-order valence-electron chi connectivity index (χ2n) is 5.73. The number of rotatable bonds is 6. The predicted molar refractivity (Wildman–Crippen MR) is 80.5 cm³/mol. The zero-order valence-electron chi connectivity index (χ0n) is 12.6. The van der Waals surface area contributed by atoms with Crippen molar-refractivity contribution in [2.75, 3.05) is 19.1 Å². The summed E-state index contributed by atoms with van der Waals surface area (Å²) in [6, 6.07) is -0.180. The number of ether oxygens (including phenoxy) is 1. The fraction of sp³-hybridized carbons (Fsp3) is 0.857. The molecule has 0 aliphatic heterocycles. The van der Waals surface area contributed by atoms with E-state index in [0.717, 1.165) is 43.8 Å². The maximum Gasteiger partial charge on any atom is 0.243 e. The fourth-order valence-corrected chi connectivity index (χ4v) is 3.18. The van der Waals surface area contributed by atoms with Gasteiger partial charge in [-0.3, -0.25) is 0 Å². The molecule has 2 rings (SSSR count). The van der Waals surface area contributed by atoms with E-state index in [4.69, 9.17) is 15.0 Å². The quantitative estimate of drug-likeness (QED) is 0.870. The van der Waals surface area contributed by atoms with Gasteiger partial charge in [0.25, 0.3) is 0 Å². The van der Waals surface area contributed by atoms with Gasteiger partial charge in [-0.15, -0.1) is 0 Å². The minimum Gasteiger partial charge on any atom is -0.370 e. The molecule has 1 saturated carbocycles. The Hall–Kier alpha value is -0.590. The van der Waals surface area contributed by atoms with Crippen molar-refractivity contribution >= 4 is 11.8 Å². The topological polar surface area (TPSA) is 74.2 Å². The van der Waals surface area contributed by atoms with Crippen LogP contribution in [0.1, 0.15) is 56.8 Å². The van der Waals surface area contributed by atoms with Crippen LogP contribution in [0.2, 0.25) is 0 Å². The molecule has 0 aromatic carbocycles. The average Bonchev–Trinajstić information content (AvgIpc) is 2.96. The van der Waals surface area contributed by atoms with Crippen LogP contribution in [-0.2, 0) is 10.3 Å². The molecule has 0 spiro atoms. The van der Waals surface area contributed by atoms with Crippen molar-refractivity contribution in [2.24, 2.45) is 11.7 Å². The summed E-state index contributed by atoms with van der Waals surface area (Å²) in [5, 5.41) is 4.14. The van der Waals surface area contributed by atoms with Gasteiger partial charge in [-0.05, 0) is 50.0 Å². The first-order chi connectivity index (χ1) is 9.61. The lowest BCUT2D eigenvalue weighted by molar-refractivity contribution is -0.0609. The SMILES string of the molecule is COC1(c2noc(C(N)CCSC)n2)CCC(C)CC1. The Kier molecular flexibility index (Phi) is 5.46. The molecule has 1 heterocycles. The first-order valence-electron chi connectivity index (χ1n) is 7.25. The monoisotopic (exact) mass is 299 g/mol. The largest absolute Gasteiger partial charge is 0.370 e. The molecule has 20 heavy (non-hydrogen) atoms. The zero-order chi connectivity index (χ0) is 14.6. The Morgan fingerprint density at radius 3 is 2.80 bits per heavy atom. The third kappa shape index (κ3) is 3.35. The van der Waals surface area contributed by atoms with E-state index >= 15 is 0 Å². The van der Waals surface area contributed by atoms with E-state index in [-0.39, 0.29) is 11.6 Å². The summed E-state index contributed by atoms with van der Waals surface area (Å²) in [4.78, 5) is 4.52. The minimum atomic E-state index is -0.381. The third-order valence-electron chi connectivity index (χ3n) is 4.27. The molecule has 1 aliphatic rings. The second kappa shape index (κ2) is 6.91. The van der Waals surface area contributed by atoms with Gasteiger partial charge < -0.3 is 15.0 Å². The summed E-state index contributed by atoms with van der Waals surface area (Å²) in [5.41, 5.74) is 5.70. The van der Waals surface area contributed by atoms with Crippen LogP contribution in [-0.4, -0.2) is 29.3 Å². The maximum atomic E-state index is 6.08. The number of hydrogen-bond acceptors (Lipinski definition) is 6. The summed E-state index contributed by atoms with van der Waals surface area (Å²) in [5.74, 6) is 2.94. The molecule has 1 aromatic rings. The van der Waals surface area contributed by atoms with Crippen LogP contribution >= 0.6 is 11.8 Å². The van der Waals surface area contributed by atoms with E-state index in [0.29, 0.717) is 11.7 Å². The lowest BCUT2D eigenvalue weighted by atomic mass is 9.79. The third-order valence-corrected chi connectivity index (χ3v) is 4.92. The van der Waals surface area contributed by atoms with E-state index in [1.807, 2.05) is 0 Å². The zero-order valence-corrected chi connectivity index (χ0v) is 13.4. The molecule has 1 fully saturated rings. The van der Waals surface area contributed by atoms with Crippen molar-refractivity contribution in [1.82, 2.24) is 10.1 Å². The van der Waals surface area contributed by atoms with Gasteiger partial charge in [-0.1, -0.05) is 12.1 Å². The van der Waals surface area contributed by atoms with Crippen LogP contribution in [0.3, 0.4) is 0 Å². The lowest BCUT2D eigenvalue weighted by Gasteiger charge is -2.35. The highest BCUT2D eigenvalue weighted by Crippen LogP contribution is 2.40. The van der Waals surface area contributed by atoms with Crippen LogP contribution in [0.25, 0.3) is 0 Å². The summed E-state index contributed by atoms with van der Waals surface area (Å²) >= 11 is 1.77. The summed E-state index contributed by atoms with van der Waals surface area (Å²) < 4.78 is 11.1. The van der Waals surface area contributed by atoms with Gasteiger partial charge in [0.15, 0.2) is 0 Å². The van der Waals surface area contributed by atoms with Gasteiger partial charge in [0.05, 0.1) is 6.04 Å². The van der Waals surface area contributed by atoms with Crippen LogP contribution in [0.5, 0.6) is 0 Å². The van der Waals surface area contributed by atoms with Crippen molar-refractivity contribution in [1.29, 1.82) is 0 Å². The van der Waals surface area contributed by atoms with Crippen LogP contribution in [0.15, 0.2) is 4.52 Å². The standard InChI is InChI=1S/C14H25N3O2S/c1-10-4-7-14(18-2,8-5-10)13-16-12(19-17-13)11(15)6-9-20-3/h10-11H,4-9,15H2,1-3H3. The molecule has 1 atom stereocenters. The summed E-state index contributed by atoms with van der Waals surface area (Å²) in [6.45, 7) is 2.28. The molecular weight excluding hydrogens is 274 g/mol. The van der Waals surface area contributed by atoms with E-state index < -0.39 is 0 Å². The molecule has 114 valence electrons. The van der Waals surface area contributed by atoms with E-state index in [9.17, 15) is 0 Å². The van der Waals surface area contributed by atoms with Crippen molar-refractivity contribution in [3.63, 3.8) is 0 Å². The number of methoxy groups -OCH3 is 1. The Balaban J connectivity index is 2.10. The van der Waals surface area contributed by atoms with Crippen molar-refractivity contribution in [3.05, 3.63) is 11.7 Å². The molecule has 0 radical (unpaired) electrons. The number of aromatic nitrogens is 2. The van der Waals surface area contributed by atoms with Crippen molar-refractivity contribution in [2.45, 2.75) is 50.7 Å². The first kappa shape index (κ1) is 15.8. The molecule has 1 unspecified atom stereocenters. The first-order valence-corrected chi connectivity index (χ1v) is 8.64. The van der Waals surface area contributed by atoms with Gasteiger partial charge in [0, 0.05) is 7.11 Å². The van der Waals surface area contributed by atoms with Crippen LogP contribution in [0.4, 0.5) is 0 Å². The summed E-state index contributed by atoms with van der Waals surface area (Å²) in [6.07, 6.45) is 7.08. The minimum absolute atomic E-state index is 0.180. The Bertz CT molecular complexity index is 416. The molecular formula is C14H25N3O2S. The molecule has 1 aliphatic carbocycles. The molecule has 0 saturated heterocycles. The number of thioether (sulfide) groups is 1. The Labute approximate surface area is 125 Å². The van der Waals surface area contributed by atoms with Gasteiger partial charge >= 0.3 is 0 Å². The van der Waals surface area contributed by atoms with Crippen molar-refractivity contribution in [3.8, 4) is 0 Å². The van der Waals surface area contributed by atoms with Gasteiger partial charge in [-0.2, -0.15) is 16.7 Å². The maximum absolute atomic E-state index is 6.08. The highest BCUT2D eigenvalue weighted by Gasteiger charge is 2.40. The molecule has 1 aromatic heterocycles. The second-order valence-corrected chi connectivity index (χ2v) is 6.71. The van der Waals surface area contributed by atoms with Crippen LogP contribution in [0, 0.1) is 5.92 Å². The van der Waals surface area contributed by atoms with E-state index in [2.05, 4.69) is 23.3 Å². The summed E-state index contributed by atoms with van der Waals surface area (Å²) in [7, 11) is 1.74. The van der Waals surface area contributed by atoms with Crippen molar-refractivity contribution < 1.29 is 9.26 Å². The van der Waals surface area contributed by atoms with E-state index in [1.54, 1.807) is 18.9 Å². The van der Waals surface area contributed by atoms with Gasteiger partial charge in [-0.25, -0.2) is 0 Å². The lowest BCUT2D eigenvalue weighted by Crippen LogP contribution is -2.34. The van der Waals surface area contributed by atoms with Gasteiger partial charge in [0.2, 0.25) is 11.7 Å². The highest BCUT2D eigenvalue weighted by molar-refractivity contribution is 7.98. The van der Waals surface area contributed by atoms with E-state index in [1.165, 1.54) is 0 Å². The van der Waals surface area contributed by atoms with Crippen LogP contribution < -0.4 is 5.73 Å². The Morgan fingerprint density at radius 1 is 1.50 bits per heavy atom. The Morgan fingerprint density at radius 2 is 2.20 bits per heavy atom. The molecule has 6 heteroatoms. The normalized spacial score (nSPS) is 28.5. The number of nitrogens with two attached hydrogens (primary N) is 1. The predicted octanol–water partition coefficient (Wildman–Crippen LogP) is 2.87. The number of nitrogens with zero attached hydrogens (tertiary/aromatic N) is 2. The molecule has 0 bridgehead atoms. The molecule has 0 amide bonds. The molecule has 5 nitrogen and oxygen atoms in total. The van der Waals surface area contributed by atoms with Gasteiger partial charge in [0.1, 0.15) is 5.60 Å². The average molecular weight is 299 g/mol. The fourth-order valence-electron chi connectivity index (χ4n) is 2.69. The molecule has 2 N–H and O–H groups in total. The highest BCUT2D eigenvalue weighted by atomic mass is 32.2. The number of hydrogen-bond donors (Lipinski definition) is 1.